The summed E-state index contributed by atoms with van der Waals surface area (Å²) in [6.45, 7) is 1.47. The number of aliphatic hydroxyl groups excluding tert-OH is 3. The van der Waals surface area contributed by atoms with Crippen LogP contribution in [-0.4, -0.2) is 74.1 Å². The van der Waals surface area contributed by atoms with E-state index in [1.807, 2.05) is 6.92 Å². The summed E-state index contributed by atoms with van der Waals surface area (Å²) in [6, 6.07) is 4.87. The van der Waals surface area contributed by atoms with Crippen LogP contribution in [0.25, 0.3) is 0 Å². The molecule has 0 radical (unpaired) electrons. The summed E-state index contributed by atoms with van der Waals surface area (Å²) in [7, 11) is -3.99. The number of benzene rings is 1. The van der Waals surface area contributed by atoms with Gasteiger partial charge in [0.05, 0.1) is 18.1 Å². The minimum absolute atomic E-state index is 0.00152. The molecule has 0 bridgehead atoms. The summed E-state index contributed by atoms with van der Waals surface area (Å²) >= 11 is 0. The Morgan fingerprint density at radius 2 is 1.88 bits per heavy atom. The second-order valence-electron chi connectivity index (χ2n) is 5.83. The number of sulfonamides is 1. The van der Waals surface area contributed by atoms with E-state index in [2.05, 4.69) is 4.72 Å². The molecule has 1 aliphatic rings. The molecule has 6 N–H and O–H groups in total. The van der Waals surface area contributed by atoms with E-state index in [1.165, 1.54) is 12.1 Å². The quantitative estimate of drug-likeness (QED) is 0.368. The zero-order valence-electron chi connectivity index (χ0n) is 13.8. The Kier molecular flexibility index (Phi) is 6.88. The monoisotopic (exact) mass is 376 g/mol. The molecular weight excluding hydrogens is 352 g/mol. The molecule has 5 atom stereocenters. The van der Waals surface area contributed by atoms with Crippen molar-refractivity contribution in [2.45, 2.75) is 42.5 Å². The summed E-state index contributed by atoms with van der Waals surface area (Å²) in [6.07, 6.45) is -5.32. The third-order valence-electron chi connectivity index (χ3n) is 3.90. The number of nitrogens with two attached hydrogens (primary N) is 1. The highest BCUT2D eigenvalue weighted by atomic mass is 32.2. The van der Waals surface area contributed by atoms with Crippen molar-refractivity contribution < 1.29 is 33.2 Å². The lowest BCUT2D eigenvalue weighted by atomic mass is 9.98. The van der Waals surface area contributed by atoms with E-state index in [0.717, 1.165) is 5.56 Å². The normalized spacial score (nSPS) is 30.4. The van der Waals surface area contributed by atoms with Crippen LogP contribution in [-0.2, 0) is 19.5 Å². The fourth-order valence-corrected chi connectivity index (χ4v) is 3.74. The van der Waals surface area contributed by atoms with Gasteiger partial charge in [0.1, 0.15) is 24.4 Å². The summed E-state index contributed by atoms with van der Waals surface area (Å²) < 4.78 is 38.1. The Labute approximate surface area is 146 Å². The van der Waals surface area contributed by atoms with Crippen molar-refractivity contribution in [3.05, 3.63) is 29.8 Å². The molecule has 1 heterocycles. The minimum atomic E-state index is -3.99. The topological polar surface area (TPSA) is 151 Å². The van der Waals surface area contributed by atoms with Crippen LogP contribution in [0.4, 0.5) is 0 Å². The molecule has 1 aromatic rings. The first kappa shape index (κ1) is 20.2. The first-order chi connectivity index (χ1) is 11.8. The van der Waals surface area contributed by atoms with Crippen molar-refractivity contribution in [2.75, 3.05) is 19.8 Å². The zero-order chi connectivity index (χ0) is 18.6. The van der Waals surface area contributed by atoms with Crippen LogP contribution in [0.5, 0.6) is 0 Å². The standard InChI is InChI=1S/C15H24N2O7S/c1-9-2-4-10(5-3-9)25(21,22)17-12-14(20)13(19)11(8-18)24-15(12)23-7-6-16/h2-5,11-15,17-20H,6-8,16H2,1H3. The molecule has 0 saturated carbocycles. The van der Waals surface area contributed by atoms with Gasteiger partial charge in [0.2, 0.25) is 10.0 Å². The maximum atomic E-state index is 12.5. The molecule has 0 aliphatic carbocycles. The van der Waals surface area contributed by atoms with Crippen LogP contribution in [0, 0.1) is 6.92 Å². The first-order valence-electron chi connectivity index (χ1n) is 7.83. The van der Waals surface area contributed by atoms with Crippen LogP contribution in [0.1, 0.15) is 5.56 Å². The number of hydrogen-bond acceptors (Lipinski definition) is 8. The van der Waals surface area contributed by atoms with Crippen molar-refractivity contribution in [3.63, 3.8) is 0 Å². The van der Waals surface area contributed by atoms with Gasteiger partial charge in [-0.25, -0.2) is 13.1 Å². The van der Waals surface area contributed by atoms with Gasteiger partial charge in [0, 0.05) is 6.54 Å². The number of ether oxygens (including phenoxy) is 2. The largest absolute Gasteiger partial charge is 0.394 e. The summed E-state index contributed by atoms with van der Waals surface area (Å²) in [5.74, 6) is 0. The lowest BCUT2D eigenvalue weighted by Gasteiger charge is -2.42. The second kappa shape index (κ2) is 8.52. The number of hydrogen-bond donors (Lipinski definition) is 5. The molecule has 10 heteroatoms. The van der Waals surface area contributed by atoms with E-state index in [-0.39, 0.29) is 18.0 Å². The Morgan fingerprint density at radius 1 is 1.24 bits per heavy atom. The summed E-state index contributed by atoms with van der Waals surface area (Å²) in [5.41, 5.74) is 6.27. The average molecular weight is 376 g/mol. The molecule has 1 aromatic carbocycles. The van der Waals surface area contributed by atoms with Crippen LogP contribution in [0.15, 0.2) is 29.2 Å². The molecular formula is C15H24N2O7S. The van der Waals surface area contributed by atoms with E-state index in [1.54, 1.807) is 12.1 Å². The highest BCUT2D eigenvalue weighted by Crippen LogP contribution is 2.24. The van der Waals surface area contributed by atoms with Crippen molar-refractivity contribution in [1.82, 2.24) is 4.72 Å². The van der Waals surface area contributed by atoms with Gasteiger partial charge in [0.15, 0.2) is 6.29 Å². The Balaban J connectivity index is 2.24. The van der Waals surface area contributed by atoms with E-state index >= 15 is 0 Å². The van der Waals surface area contributed by atoms with Crippen molar-refractivity contribution in [3.8, 4) is 0 Å². The molecule has 1 fully saturated rings. The number of rotatable bonds is 7. The van der Waals surface area contributed by atoms with Gasteiger partial charge < -0.3 is 30.5 Å². The van der Waals surface area contributed by atoms with Gasteiger partial charge in [-0.1, -0.05) is 17.7 Å². The van der Waals surface area contributed by atoms with E-state index in [0.29, 0.717) is 0 Å². The predicted octanol–water partition coefficient (Wildman–Crippen LogP) is -1.94. The van der Waals surface area contributed by atoms with Crippen LogP contribution in [0.2, 0.25) is 0 Å². The Hall–Kier alpha value is -1.11. The number of nitrogens with one attached hydrogen (secondary N) is 1. The molecule has 1 aliphatic heterocycles. The SMILES string of the molecule is Cc1ccc(S(=O)(=O)NC2C(OCCN)OC(CO)C(O)C2O)cc1. The Bertz CT molecular complexity index is 652. The average Bonchev–Trinajstić information content (AvgIpc) is 2.58. The van der Waals surface area contributed by atoms with Gasteiger partial charge in [-0.3, -0.25) is 0 Å². The Morgan fingerprint density at radius 3 is 2.44 bits per heavy atom. The summed E-state index contributed by atoms with van der Waals surface area (Å²) in [5, 5.41) is 29.5. The number of aryl methyl sites for hydroxylation is 1. The van der Waals surface area contributed by atoms with Crippen LogP contribution >= 0.6 is 0 Å². The number of aliphatic hydroxyl groups is 3. The molecule has 0 spiro atoms. The van der Waals surface area contributed by atoms with Crippen molar-refractivity contribution >= 4 is 10.0 Å². The lowest BCUT2D eigenvalue weighted by molar-refractivity contribution is -0.267. The van der Waals surface area contributed by atoms with Gasteiger partial charge in [-0.05, 0) is 19.1 Å². The zero-order valence-corrected chi connectivity index (χ0v) is 14.6. The molecule has 0 amide bonds. The van der Waals surface area contributed by atoms with Crippen molar-refractivity contribution in [2.24, 2.45) is 5.73 Å². The van der Waals surface area contributed by atoms with Gasteiger partial charge in [-0.15, -0.1) is 0 Å². The summed E-state index contributed by atoms with van der Waals surface area (Å²) in [4.78, 5) is 0.00152. The van der Waals surface area contributed by atoms with Crippen molar-refractivity contribution in [1.29, 1.82) is 0 Å². The van der Waals surface area contributed by atoms with Gasteiger partial charge >= 0.3 is 0 Å². The van der Waals surface area contributed by atoms with Gasteiger partial charge in [-0.2, -0.15) is 0 Å². The highest BCUT2D eigenvalue weighted by Gasteiger charge is 2.46. The van der Waals surface area contributed by atoms with Crippen LogP contribution < -0.4 is 10.5 Å². The van der Waals surface area contributed by atoms with Gasteiger partial charge in [0.25, 0.3) is 0 Å². The molecule has 5 unspecified atom stereocenters. The third kappa shape index (κ3) is 4.74. The predicted molar refractivity (Wildman–Crippen MR) is 88.1 cm³/mol. The molecule has 25 heavy (non-hydrogen) atoms. The molecule has 1 saturated heterocycles. The highest BCUT2D eigenvalue weighted by molar-refractivity contribution is 7.89. The first-order valence-corrected chi connectivity index (χ1v) is 9.31. The fourth-order valence-electron chi connectivity index (χ4n) is 2.50. The molecule has 2 rings (SSSR count). The molecule has 142 valence electrons. The fraction of sp³-hybridized carbons (Fsp3) is 0.600. The van der Waals surface area contributed by atoms with E-state index in [9.17, 15) is 23.7 Å². The smallest absolute Gasteiger partial charge is 0.241 e. The van der Waals surface area contributed by atoms with E-state index in [4.69, 9.17) is 15.2 Å². The molecule has 9 nitrogen and oxygen atoms in total. The lowest BCUT2D eigenvalue weighted by Crippen LogP contribution is -2.64. The maximum Gasteiger partial charge on any atom is 0.241 e. The minimum Gasteiger partial charge on any atom is -0.394 e. The maximum absolute atomic E-state index is 12.5. The van der Waals surface area contributed by atoms with E-state index < -0.39 is 47.3 Å². The molecule has 0 aromatic heterocycles. The third-order valence-corrected chi connectivity index (χ3v) is 5.38. The second-order valence-corrected chi connectivity index (χ2v) is 7.54. The van der Waals surface area contributed by atoms with Crippen LogP contribution in [0.3, 0.4) is 0 Å².